The Kier molecular flexibility index (Phi) is 4.93. The van der Waals surface area contributed by atoms with Crippen LogP contribution in [0.5, 0.6) is 5.75 Å². The molecule has 1 saturated carbocycles. The van der Waals surface area contributed by atoms with Crippen molar-refractivity contribution in [2.45, 2.75) is 31.0 Å². The molecule has 0 spiro atoms. The molecule has 2 aliphatic rings. The molecule has 3 N–H and O–H groups in total. The van der Waals surface area contributed by atoms with Gasteiger partial charge in [0.05, 0.1) is 11.7 Å². The van der Waals surface area contributed by atoms with Gasteiger partial charge in [0.15, 0.2) is 0 Å². The van der Waals surface area contributed by atoms with Crippen molar-refractivity contribution in [1.82, 2.24) is 4.90 Å². The number of hydrogen-bond acceptors (Lipinski definition) is 4. The highest BCUT2D eigenvalue weighted by atomic mass is 19.1. The number of likely N-dealkylation sites (tertiary alicyclic amines) is 1. The van der Waals surface area contributed by atoms with Crippen molar-refractivity contribution in [3.8, 4) is 5.75 Å². The topological polar surface area (TPSA) is 63.9 Å². The van der Waals surface area contributed by atoms with Gasteiger partial charge in [0.2, 0.25) is 0 Å². The molecule has 2 aromatic rings. The van der Waals surface area contributed by atoms with Gasteiger partial charge in [-0.25, -0.2) is 4.39 Å². The molecule has 4 rings (SSSR count). The van der Waals surface area contributed by atoms with Gasteiger partial charge in [-0.3, -0.25) is 4.90 Å². The molecule has 2 fully saturated rings. The van der Waals surface area contributed by atoms with Gasteiger partial charge in [-0.05, 0) is 60.1 Å². The minimum absolute atomic E-state index is 0.196. The fourth-order valence-corrected chi connectivity index (χ4v) is 4.88. The lowest BCUT2D eigenvalue weighted by molar-refractivity contribution is 0.0328. The molecule has 1 saturated heterocycles. The number of nitrogens with zero attached hydrogens (tertiary/aromatic N) is 1. The van der Waals surface area contributed by atoms with Crippen molar-refractivity contribution in [3.63, 3.8) is 0 Å². The van der Waals surface area contributed by atoms with E-state index in [1.54, 1.807) is 36.4 Å². The summed E-state index contributed by atoms with van der Waals surface area (Å²) in [6.07, 6.45) is 1.49. The fraction of sp³-hybridized carbons (Fsp3) is 0.455. The van der Waals surface area contributed by atoms with Crippen LogP contribution >= 0.6 is 0 Å². The molecule has 1 aliphatic carbocycles. The molecule has 0 amide bonds. The maximum Gasteiger partial charge on any atom is 0.123 e. The van der Waals surface area contributed by atoms with Crippen LogP contribution in [-0.4, -0.2) is 45.5 Å². The Balaban J connectivity index is 1.32. The van der Waals surface area contributed by atoms with Crippen molar-refractivity contribution >= 4 is 0 Å². The van der Waals surface area contributed by atoms with Gasteiger partial charge >= 0.3 is 0 Å². The van der Waals surface area contributed by atoms with E-state index in [1.165, 1.54) is 12.1 Å². The number of halogens is 1. The first-order valence-electron chi connectivity index (χ1n) is 9.56. The second kappa shape index (κ2) is 7.23. The van der Waals surface area contributed by atoms with E-state index in [0.29, 0.717) is 24.8 Å². The minimum atomic E-state index is -0.713. The number of benzene rings is 2. The summed E-state index contributed by atoms with van der Waals surface area (Å²) in [6.45, 7) is 2.32. The molecule has 1 aliphatic heterocycles. The predicted octanol–water partition coefficient (Wildman–Crippen LogP) is 2.88. The summed E-state index contributed by atoms with van der Waals surface area (Å²) in [5.41, 5.74) is 1.06. The van der Waals surface area contributed by atoms with Gasteiger partial charge < -0.3 is 15.3 Å². The lowest BCUT2D eigenvalue weighted by atomic mass is 9.91. The highest BCUT2D eigenvalue weighted by molar-refractivity contribution is 5.27. The molecule has 0 bridgehead atoms. The number of rotatable bonds is 5. The van der Waals surface area contributed by atoms with Crippen LogP contribution in [0.15, 0.2) is 48.5 Å². The minimum Gasteiger partial charge on any atom is -0.508 e. The number of aliphatic hydroxyl groups excluding tert-OH is 1. The van der Waals surface area contributed by atoms with Crippen LogP contribution in [0.3, 0.4) is 0 Å². The molecular formula is C22H26FNO3. The SMILES string of the molecule is Oc1ccc([C@@H](O)CN2C[C@@H]3CC(O)(Cc4ccc(F)cc4)C[C@H]3C2)cc1. The molecule has 2 aromatic carbocycles. The molecule has 3 atom stereocenters. The largest absolute Gasteiger partial charge is 0.508 e. The molecular weight excluding hydrogens is 345 g/mol. The Labute approximate surface area is 158 Å². The number of β-amino-alcohol motifs (C(OH)–C–C–N with tert-alkyl or cyclic N) is 1. The molecule has 1 heterocycles. The molecule has 27 heavy (non-hydrogen) atoms. The van der Waals surface area contributed by atoms with Crippen LogP contribution in [0.1, 0.15) is 30.1 Å². The first kappa shape index (κ1) is 18.4. The maximum atomic E-state index is 13.1. The number of hydrogen-bond donors (Lipinski definition) is 3. The first-order chi connectivity index (χ1) is 12.9. The van der Waals surface area contributed by atoms with E-state index >= 15 is 0 Å². The molecule has 0 unspecified atom stereocenters. The number of aliphatic hydroxyl groups is 2. The van der Waals surface area contributed by atoms with Gasteiger partial charge in [0, 0.05) is 26.1 Å². The molecule has 0 aromatic heterocycles. The second-order valence-electron chi connectivity index (χ2n) is 8.28. The lowest BCUT2D eigenvalue weighted by Crippen LogP contribution is -2.33. The summed E-state index contributed by atoms with van der Waals surface area (Å²) < 4.78 is 13.1. The molecule has 144 valence electrons. The molecule has 5 heteroatoms. The third kappa shape index (κ3) is 4.15. The highest BCUT2D eigenvalue weighted by Gasteiger charge is 2.48. The zero-order chi connectivity index (χ0) is 19.0. The number of phenols is 1. The predicted molar refractivity (Wildman–Crippen MR) is 101 cm³/mol. The van der Waals surface area contributed by atoms with Crippen molar-refractivity contribution in [2.75, 3.05) is 19.6 Å². The van der Waals surface area contributed by atoms with E-state index in [-0.39, 0.29) is 11.6 Å². The van der Waals surface area contributed by atoms with Crippen LogP contribution in [0.4, 0.5) is 4.39 Å². The Morgan fingerprint density at radius 1 is 1.00 bits per heavy atom. The van der Waals surface area contributed by atoms with Crippen molar-refractivity contribution < 1.29 is 19.7 Å². The molecule has 0 radical (unpaired) electrons. The number of phenolic OH excluding ortho intramolecular Hbond substituents is 1. The monoisotopic (exact) mass is 371 g/mol. The summed E-state index contributed by atoms with van der Waals surface area (Å²) in [5, 5.41) is 30.8. The average Bonchev–Trinajstić information content (AvgIpc) is 3.11. The van der Waals surface area contributed by atoms with E-state index in [1.807, 2.05) is 0 Å². The number of aromatic hydroxyl groups is 1. The summed E-state index contributed by atoms with van der Waals surface area (Å²) in [6, 6.07) is 13.1. The van der Waals surface area contributed by atoms with E-state index in [2.05, 4.69) is 4.90 Å². The van der Waals surface area contributed by atoms with E-state index in [4.69, 9.17) is 0 Å². The summed E-state index contributed by atoms with van der Waals surface area (Å²) >= 11 is 0. The van der Waals surface area contributed by atoms with E-state index in [9.17, 15) is 19.7 Å². The quantitative estimate of drug-likeness (QED) is 0.756. The lowest BCUT2D eigenvalue weighted by Gasteiger charge is -2.27. The Bertz CT molecular complexity index is 763. The van der Waals surface area contributed by atoms with Crippen LogP contribution < -0.4 is 0 Å². The third-order valence-electron chi connectivity index (χ3n) is 6.09. The van der Waals surface area contributed by atoms with Gasteiger partial charge in [-0.2, -0.15) is 0 Å². The zero-order valence-electron chi connectivity index (χ0n) is 15.3. The highest BCUT2D eigenvalue weighted by Crippen LogP contribution is 2.45. The standard InChI is InChI=1S/C22H26FNO3/c23-19-5-1-15(2-6-19)9-22(27)10-17-12-24(13-18(17)11-22)14-21(26)16-3-7-20(25)8-4-16/h1-8,17-18,21,25-27H,9-14H2/t17-,18-,21-/m0/s1. The fourth-order valence-electron chi connectivity index (χ4n) is 4.88. The first-order valence-corrected chi connectivity index (χ1v) is 9.56. The summed E-state index contributed by atoms with van der Waals surface area (Å²) in [7, 11) is 0. The van der Waals surface area contributed by atoms with Crippen molar-refractivity contribution in [2.24, 2.45) is 11.8 Å². The van der Waals surface area contributed by atoms with Crippen LogP contribution in [0.25, 0.3) is 0 Å². The van der Waals surface area contributed by atoms with E-state index in [0.717, 1.165) is 37.1 Å². The van der Waals surface area contributed by atoms with Crippen LogP contribution in [-0.2, 0) is 6.42 Å². The Morgan fingerprint density at radius 2 is 1.59 bits per heavy atom. The second-order valence-corrected chi connectivity index (χ2v) is 8.28. The zero-order valence-corrected chi connectivity index (χ0v) is 15.3. The van der Waals surface area contributed by atoms with Gasteiger partial charge in [-0.1, -0.05) is 24.3 Å². The van der Waals surface area contributed by atoms with Gasteiger partial charge in [0.1, 0.15) is 11.6 Å². The normalized spacial score (nSPS) is 25.4. The smallest absolute Gasteiger partial charge is 0.123 e. The van der Waals surface area contributed by atoms with Crippen molar-refractivity contribution in [3.05, 3.63) is 65.5 Å². The van der Waals surface area contributed by atoms with Crippen molar-refractivity contribution in [1.29, 1.82) is 0 Å². The van der Waals surface area contributed by atoms with Gasteiger partial charge in [0.25, 0.3) is 0 Å². The van der Waals surface area contributed by atoms with Crippen LogP contribution in [0.2, 0.25) is 0 Å². The number of fused-ring (bicyclic) bond motifs is 1. The van der Waals surface area contributed by atoms with Gasteiger partial charge in [-0.15, -0.1) is 0 Å². The Hall–Kier alpha value is -1.95. The average molecular weight is 371 g/mol. The van der Waals surface area contributed by atoms with Crippen LogP contribution in [0, 0.1) is 17.7 Å². The van der Waals surface area contributed by atoms with E-state index < -0.39 is 11.7 Å². The Morgan fingerprint density at radius 3 is 2.19 bits per heavy atom. The third-order valence-corrected chi connectivity index (χ3v) is 6.09. The summed E-state index contributed by atoms with van der Waals surface area (Å²) in [4.78, 5) is 2.27. The summed E-state index contributed by atoms with van der Waals surface area (Å²) in [5.74, 6) is 0.809. The maximum absolute atomic E-state index is 13.1. The molecule has 4 nitrogen and oxygen atoms in total.